The highest BCUT2D eigenvalue weighted by molar-refractivity contribution is 5.68. The van der Waals surface area contributed by atoms with Crippen molar-refractivity contribution in [2.24, 2.45) is 17.8 Å². The molecular formula is C14H21NO2. The third-order valence-corrected chi connectivity index (χ3v) is 3.64. The maximum absolute atomic E-state index is 11.9. The average Bonchev–Trinajstić information content (AvgIpc) is 2.70. The van der Waals surface area contributed by atoms with E-state index in [4.69, 9.17) is 11.2 Å². The van der Waals surface area contributed by atoms with Crippen molar-refractivity contribution in [2.45, 2.75) is 39.2 Å². The third kappa shape index (κ3) is 2.74. The quantitative estimate of drug-likeness (QED) is 0.604. The van der Waals surface area contributed by atoms with Gasteiger partial charge in [0.25, 0.3) is 0 Å². The minimum atomic E-state index is -0.407. The number of likely N-dealkylation sites (tertiary alicyclic amines) is 1. The van der Waals surface area contributed by atoms with Crippen molar-refractivity contribution in [3.63, 3.8) is 0 Å². The van der Waals surface area contributed by atoms with E-state index in [1.54, 1.807) is 0 Å². The summed E-state index contributed by atoms with van der Waals surface area (Å²) in [4.78, 5) is 13.7. The third-order valence-electron chi connectivity index (χ3n) is 3.64. The Morgan fingerprint density at radius 1 is 1.29 bits per heavy atom. The molecule has 1 saturated carbocycles. The predicted octanol–water partition coefficient (Wildman–Crippen LogP) is 2.51. The second-order valence-corrected chi connectivity index (χ2v) is 6.24. The summed E-state index contributed by atoms with van der Waals surface area (Å²) in [5.41, 5.74) is -0.407. The number of carbonyl (C=O) groups excluding carboxylic acids is 1. The first-order chi connectivity index (χ1) is 7.89. The maximum Gasteiger partial charge on any atom is 0.410 e. The van der Waals surface area contributed by atoms with Gasteiger partial charge in [-0.2, -0.15) is 0 Å². The Kier molecular flexibility index (Phi) is 3.07. The first-order valence-electron chi connectivity index (χ1n) is 6.33. The molecule has 2 atom stereocenters. The van der Waals surface area contributed by atoms with Gasteiger partial charge in [-0.1, -0.05) is 0 Å². The van der Waals surface area contributed by atoms with Crippen LogP contribution in [0.1, 0.15) is 33.6 Å². The van der Waals surface area contributed by atoms with Gasteiger partial charge in [-0.25, -0.2) is 4.79 Å². The standard InChI is InChI=1S/C14H21NO2/c1-5-10-6-11-8-15(9-12(11)7-10)13(16)17-14(2,3)4/h1,10-12H,6-9H2,2-4H3. The van der Waals surface area contributed by atoms with E-state index >= 15 is 0 Å². The Labute approximate surface area is 104 Å². The number of nitrogens with zero attached hydrogens (tertiary/aromatic N) is 1. The Balaban J connectivity index is 1.89. The highest BCUT2D eigenvalue weighted by atomic mass is 16.6. The molecule has 0 aromatic rings. The predicted molar refractivity (Wildman–Crippen MR) is 66.3 cm³/mol. The van der Waals surface area contributed by atoms with Crippen molar-refractivity contribution in [2.75, 3.05) is 13.1 Å². The van der Waals surface area contributed by atoms with Gasteiger partial charge in [-0.15, -0.1) is 12.3 Å². The van der Waals surface area contributed by atoms with Gasteiger partial charge in [-0.3, -0.25) is 0 Å². The molecule has 94 valence electrons. The monoisotopic (exact) mass is 235 g/mol. The fourth-order valence-corrected chi connectivity index (χ4v) is 2.91. The first kappa shape index (κ1) is 12.3. The fourth-order valence-electron chi connectivity index (χ4n) is 2.91. The Hall–Kier alpha value is -1.17. The Morgan fingerprint density at radius 2 is 1.82 bits per heavy atom. The van der Waals surface area contributed by atoms with E-state index in [1.165, 1.54) is 0 Å². The number of rotatable bonds is 0. The lowest BCUT2D eigenvalue weighted by atomic mass is 10.0. The van der Waals surface area contributed by atoms with Crippen LogP contribution in [0.3, 0.4) is 0 Å². The SMILES string of the molecule is C#CC1CC2CN(C(=O)OC(C)(C)C)CC2C1. The fraction of sp³-hybridized carbons (Fsp3) is 0.786. The van der Waals surface area contributed by atoms with Crippen LogP contribution in [0.4, 0.5) is 4.79 Å². The highest BCUT2D eigenvalue weighted by Crippen LogP contribution is 2.41. The molecule has 17 heavy (non-hydrogen) atoms. The van der Waals surface area contributed by atoms with E-state index in [9.17, 15) is 4.79 Å². The summed E-state index contributed by atoms with van der Waals surface area (Å²) in [5, 5.41) is 0. The molecule has 0 bridgehead atoms. The second kappa shape index (κ2) is 4.25. The maximum atomic E-state index is 11.9. The normalized spacial score (nSPS) is 32.1. The number of hydrogen-bond donors (Lipinski definition) is 0. The zero-order valence-electron chi connectivity index (χ0n) is 10.9. The van der Waals surface area contributed by atoms with Gasteiger partial charge in [0.2, 0.25) is 0 Å². The molecule has 1 amide bonds. The van der Waals surface area contributed by atoms with Crippen molar-refractivity contribution in [3.8, 4) is 12.3 Å². The summed E-state index contributed by atoms with van der Waals surface area (Å²) in [6, 6.07) is 0. The van der Waals surface area contributed by atoms with Gasteiger partial charge in [0, 0.05) is 19.0 Å². The number of fused-ring (bicyclic) bond motifs is 1. The molecule has 2 fully saturated rings. The van der Waals surface area contributed by atoms with Gasteiger partial charge in [-0.05, 0) is 45.4 Å². The van der Waals surface area contributed by atoms with Gasteiger partial charge in [0.05, 0.1) is 0 Å². The van der Waals surface area contributed by atoms with Crippen molar-refractivity contribution in [3.05, 3.63) is 0 Å². The minimum absolute atomic E-state index is 0.177. The number of terminal acetylenes is 1. The summed E-state index contributed by atoms with van der Waals surface area (Å²) in [7, 11) is 0. The van der Waals surface area contributed by atoms with Crippen LogP contribution in [0, 0.1) is 30.1 Å². The van der Waals surface area contributed by atoms with E-state index in [0.717, 1.165) is 25.9 Å². The van der Waals surface area contributed by atoms with Crippen molar-refractivity contribution in [1.29, 1.82) is 0 Å². The molecule has 1 heterocycles. The molecule has 3 heteroatoms. The zero-order valence-corrected chi connectivity index (χ0v) is 10.9. The van der Waals surface area contributed by atoms with Gasteiger partial charge in [0.1, 0.15) is 5.60 Å². The van der Waals surface area contributed by atoms with Crippen molar-refractivity contribution in [1.82, 2.24) is 4.90 Å². The lowest BCUT2D eigenvalue weighted by molar-refractivity contribution is 0.0279. The van der Waals surface area contributed by atoms with Gasteiger partial charge in [0.15, 0.2) is 0 Å². The van der Waals surface area contributed by atoms with E-state index in [1.807, 2.05) is 25.7 Å². The summed E-state index contributed by atoms with van der Waals surface area (Å²) in [6.45, 7) is 7.33. The van der Waals surface area contributed by atoms with E-state index < -0.39 is 5.60 Å². The summed E-state index contributed by atoms with van der Waals surface area (Å²) in [6.07, 6.45) is 7.42. The lowest BCUT2D eigenvalue weighted by Crippen LogP contribution is -2.36. The summed E-state index contributed by atoms with van der Waals surface area (Å²) >= 11 is 0. The Bertz CT molecular complexity index is 336. The van der Waals surface area contributed by atoms with Crippen molar-refractivity contribution < 1.29 is 9.53 Å². The molecule has 0 aromatic heterocycles. The lowest BCUT2D eigenvalue weighted by Gasteiger charge is -2.25. The molecule has 0 radical (unpaired) electrons. The molecule has 1 aliphatic heterocycles. The summed E-state index contributed by atoms with van der Waals surface area (Å²) in [5.74, 6) is 4.44. The number of amides is 1. The minimum Gasteiger partial charge on any atom is -0.444 e. The topological polar surface area (TPSA) is 29.5 Å². The molecule has 0 spiro atoms. The average molecular weight is 235 g/mol. The van der Waals surface area contributed by atoms with Crippen LogP contribution in [0.25, 0.3) is 0 Å². The highest BCUT2D eigenvalue weighted by Gasteiger charge is 2.42. The molecule has 2 rings (SSSR count). The van der Waals surface area contributed by atoms with Crippen LogP contribution in [-0.2, 0) is 4.74 Å². The zero-order chi connectivity index (χ0) is 12.6. The molecule has 2 aliphatic rings. The van der Waals surface area contributed by atoms with Crippen LogP contribution in [-0.4, -0.2) is 29.7 Å². The summed E-state index contributed by atoms with van der Waals surface area (Å²) < 4.78 is 5.39. The van der Waals surface area contributed by atoms with E-state index in [2.05, 4.69) is 5.92 Å². The number of carbonyl (C=O) groups is 1. The molecular weight excluding hydrogens is 214 g/mol. The largest absolute Gasteiger partial charge is 0.444 e. The molecule has 0 N–H and O–H groups in total. The van der Waals surface area contributed by atoms with Crippen LogP contribution in [0.15, 0.2) is 0 Å². The number of ether oxygens (including phenoxy) is 1. The van der Waals surface area contributed by atoms with E-state index in [-0.39, 0.29) is 6.09 Å². The molecule has 3 nitrogen and oxygen atoms in total. The van der Waals surface area contributed by atoms with Crippen molar-refractivity contribution >= 4 is 6.09 Å². The van der Waals surface area contributed by atoms with Gasteiger partial charge >= 0.3 is 6.09 Å². The first-order valence-corrected chi connectivity index (χ1v) is 6.33. The smallest absolute Gasteiger partial charge is 0.410 e. The van der Waals surface area contributed by atoms with Crippen LogP contribution < -0.4 is 0 Å². The molecule has 1 saturated heterocycles. The molecule has 0 aromatic carbocycles. The second-order valence-electron chi connectivity index (χ2n) is 6.24. The number of hydrogen-bond acceptors (Lipinski definition) is 2. The van der Waals surface area contributed by atoms with Crippen LogP contribution in [0.5, 0.6) is 0 Å². The van der Waals surface area contributed by atoms with Crippen LogP contribution >= 0.6 is 0 Å². The molecule has 2 unspecified atom stereocenters. The molecule has 1 aliphatic carbocycles. The Morgan fingerprint density at radius 3 is 2.24 bits per heavy atom. The van der Waals surface area contributed by atoms with E-state index in [0.29, 0.717) is 17.8 Å². The van der Waals surface area contributed by atoms with Crippen LogP contribution in [0.2, 0.25) is 0 Å². The van der Waals surface area contributed by atoms with Gasteiger partial charge < -0.3 is 9.64 Å².